The lowest BCUT2D eigenvalue weighted by atomic mass is 9.71. The molecule has 30 heteroatoms. The van der Waals surface area contributed by atoms with Gasteiger partial charge < -0.3 is 131 Å². The summed E-state index contributed by atoms with van der Waals surface area (Å²) in [5, 5.41) is 258. The molecule has 0 aromatic heterocycles. The second kappa shape index (κ2) is 26.2. The minimum atomic E-state index is -2.29. The van der Waals surface area contributed by atoms with Crippen LogP contribution in [0.2, 0.25) is 0 Å². The number of hydrogen-bond acceptors (Lipinski definition) is 30. The fourth-order valence-corrected chi connectivity index (χ4v) is 15.9. The first-order valence-electron chi connectivity index (χ1n) is 33.5. The zero-order valence-electron chi connectivity index (χ0n) is 56.3. The number of benzene rings is 10. The number of nitrogens with zero attached hydrogens (tertiary/aromatic N) is 2. The van der Waals surface area contributed by atoms with E-state index in [9.17, 15) is 117 Å². The van der Waals surface area contributed by atoms with Gasteiger partial charge in [0.15, 0.2) is 52.8 Å². The van der Waals surface area contributed by atoms with Crippen LogP contribution < -0.4 is 23.7 Å². The van der Waals surface area contributed by atoms with Crippen molar-refractivity contribution in [1.29, 1.82) is 0 Å². The highest BCUT2D eigenvalue weighted by molar-refractivity contribution is 5.76. The first kappa shape index (κ1) is 70.7. The molecule has 0 radical (unpaired) electrons. The molecule has 0 saturated heterocycles. The molecule has 5 aliphatic heterocycles. The molecule has 0 amide bonds. The van der Waals surface area contributed by atoms with Crippen molar-refractivity contribution in [1.82, 2.24) is 0 Å². The maximum atomic E-state index is 13.7. The molecule has 10 aromatic carbocycles. The summed E-state index contributed by atoms with van der Waals surface area (Å²) in [5.41, 5.74) is -4.97. The average Bonchev–Trinajstić information content (AvgIpc) is 0.705. The summed E-state index contributed by atoms with van der Waals surface area (Å²) in [5.74, 6) is -22.8. The van der Waals surface area contributed by atoms with Crippen LogP contribution in [0.3, 0.4) is 0 Å². The van der Waals surface area contributed by atoms with E-state index in [4.69, 9.17) is 23.7 Å². The number of ether oxygens (including phenoxy) is 5. The van der Waals surface area contributed by atoms with Crippen LogP contribution in [0, 0.1) is 23.7 Å². The Morgan fingerprint density at radius 2 is 0.694 bits per heavy atom. The van der Waals surface area contributed by atoms with Gasteiger partial charge in [-0.05, 0) is 112 Å². The minimum Gasteiger partial charge on any atom is -0.508 e. The average molecular weight is 1480 g/mol. The van der Waals surface area contributed by atoms with Crippen molar-refractivity contribution < 1.29 is 131 Å². The van der Waals surface area contributed by atoms with Crippen molar-refractivity contribution in [3.63, 3.8) is 0 Å². The highest BCUT2D eigenvalue weighted by Crippen LogP contribution is 2.67. The second-order valence-electron chi connectivity index (χ2n) is 27.5. The normalized spacial score (nSPS) is 23.8. The van der Waals surface area contributed by atoms with Crippen molar-refractivity contribution >= 4 is 11.4 Å². The van der Waals surface area contributed by atoms with Crippen LogP contribution in [0.25, 0.3) is 0 Å². The Bertz CT molecular complexity index is 5420. The first-order valence-corrected chi connectivity index (χ1v) is 33.5. The standard InChI is InChI=1S/C78H66N2O28/c1-26-3-5-28(13-39(26)84)14-54-67(98)63(56-45(90)19-33(79-102)20-53(56)104-54)55-35(80-103)22-46(91)58-65(69(100)72(106-76(55)58)30-6-4-27(2)40(85)15-30)60-49(94)25-51(96)62-66(70(101)74(108-78(60)62)32-9-12-38(83)44(89)18-32)61-50(95)24-48(93)59-64(68(99)73(107-77(59)61)31-8-11-37(82)43(88)17-31)57-47(92)23-41(86)34-21-52(97)71(105-75(34)57)29-7-10-36(81)42(87)16-29/h3-13,15-20,22-25,52,54,63-74,81-101H,14,21H2,1-2H3/t52?,54?,63?,64?,65?,66-,67?,68?,69?,70?,71?,72?,73?,74?/m0/s1. The van der Waals surface area contributed by atoms with Gasteiger partial charge in [0.05, 0.1) is 29.8 Å². The Hall–Kier alpha value is -13.0. The SMILES string of the molecule is Cc1ccc(CC2Oc3cc(N=O)cc(O)c3C(c3c(N=O)cc(O)c4c3OC(c3ccc(C)c(O)c3)C(O)C4c3c(O)cc(O)c4c3OC(c3ccc(O)c(O)c3)C(O)[C@H]4c3c(O)cc(O)c4c3OC(c3ccc(O)c(O)c3)C(O)C4c3c(O)cc(O)c4c3OC(c3ccc(O)c(O)c3)C(O)C4)C2O)cc1O. The van der Waals surface area contributed by atoms with Gasteiger partial charge in [-0.1, -0.05) is 42.5 Å². The quantitative estimate of drug-likeness (QED) is 0.0399. The molecule has 15 rings (SSSR count). The number of phenols is 16. The van der Waals surface area contributed by atoms with E-state index in [1.54, 1.807) is 26.0 Å². The molecule has 0 fully saturated rings. The molecule has 21 N–H and O–H groups in total. The number of rotatable bonds is 12. The third kappa shape index (κ3) is 11.3. The van der Waals surface area contributed by atoms with Crippen LogP contribution in [0.1, 0.15) is 137 Å². The number of aliphatic hydroxyl groups excluding tert-OH is 5. The van der Waals surface area contributed by atoms with E-state index in [1.165, 1.54) is 36.4 Å². The molecule has 5 heterocycles. The molecule has 108 heavy (non-hydrogen) atoms. The maximum absolute atomic E-state index is 13.7. The van der Waals surface area contributed by atoms with Gasteiger partial charge in [-0.25, -0.2) is 0 Å². The van der Waals surface area contributed by atoms with Gasteiger partial charge in [-0.3, -0.25) is 0 Å². The Morgan fingerprint density at radius 3 is 1.13 bits per heavy atom. The highest BCUT2D eigenvalue weighted by Gasteiger charge is 2.55. The van der Waals surface area contributed by atoms with E-state index in [-0.39, 0.29) is 62.7 Å². The summed E-state index contributed by atoms with van der Waals surface area (Å²) in [7, 11) is 0. The van der Waals surface area contributed by atoms with Gasteiger partial charge in [0, 0.05) is 99.3 Å². The zero-order chi connectivity index (χ0) is 76.8. The number of aliphatic hydroxyl groups is 5. The number of phenolic OH excluding ortho intramolecular Hbond substituents is 16. The molecule has 0 saturated carbocycles. The number of nitroso groups, excluding NO2 is 2. The van der Waals surface area contributed by atoms with E-state index in [2.05, 4.69) is 10.4 Å². The topological polar surface area (TPSA) is 530 Å². The second-order valence-corrected chi connectivity index (χ2v) is 27.5. The lowest BCUT2D eigenvalue weighted by molar-refractivity contribution is -0.00971. The molecule has 10 aromatic rings. The van der Waals surface area contributed by atoms with Gasteiger partial charge in [0.2, 0.25) is 0 Å². The van der Waals surface area contributed by atoms with E-state index in [0.717, 1.165) is 66.7 Å². The fourth-order valence-electron chi connectivity index (χ4n) is 15.9. The third-order valence-electron chi connectivity index (χ3n) is 21.1. The number of fused-ring (bicyclic) bond motifs is 5. The summed E-state index contributed by atoms with van der Waals surface area (Å²) in [6.07, 6.45) is -19.6. The first-order chi connectivity index (χ1) is 51.5. The molecule has 13 unspecified atom stereocenters. The van der Waals surface area contributed by atoms with Crippen LogP contribution in [0.5, 0.6) is 121 Å². The Labute approximate surface area is 608 Å². The van der Waals surface area contributed by atoms with E-state index in [0.29, 0.717) is 28.8 Å². The molecule has 556 valence electrons. The molecule has 0 bridgehead atoms. The summed E-state index contributed by atoms with van der Waals surface area (Å²) in [4.78, 5) is 25.9. The van der Waals surface area contributed by atoms with Crippen molar-refractivity contribution in [2.45, 2.75) is 111 Å². The molecule has 5 aliphatic rings. The molecule has 30 nitrogen and oxygen atoms in total. The Morgan fingerprint density at radius 1 is 0.324 bits per heavy atom. The van der Waals surface area contributed by atoms with Crippen LogP contribution in [-0.4, -0.2) is 144 Å². The summed E-state index contributed by atoms with van der Waals surface area (Å²) in [6, 6.07) is 23.5. The van der Waals surface area contributed by atoms with E-state index in [1.807, 2.05) is 0 Å². The predicted octanol–water partition coefficient (Wildman–Crippen LogP) is 9.80. The van der Waals surface area contributed by atoms with Crippen LogP contribution >= 0.6 is 0 Å². The van der Waals surface area contributed by atoms with Gasteiger partial charge in [-0.15, -0.1) is 9.81 Å². The molecular formula is C78H66N2O28. The van der Waals surface area contributed by atoms with Crippen molar-refractivity contribution in [3.05, 3.63) is 226 Å². The van der Waals surface area contributed by atoms with E-state index < -0.39 is 239 Å². The lowest BCUT2D eigenvalue weighted by Gasteiger charge is -2.45. The van der Waals surface area contributed by atoms with Crippen molar-refractivity contribution in [2.24, 2.45) is 10.4 Å². The Balaban J connectivity index is 1.00. The van der Waals surface area contributed by atoms with Crippen molar-refractivity contribution in [3.8, 4) is 121 Å². The van der Waals surface area contributed by atoms with Gasteiger partial charge in [-0.2, -0.15) is 0 Å². The molecule has 14 atom stereocenters. The largest absolute Gasteiger partial charge is 0.508 e. The van der Waals surface area contributed by atoms with Gasteiger partial charge in [0.25, 0.3) is 0 Å². The van der Waals surface area contributed by atoms with Crippen LogP contribution in [0.15, 0.2) is 138 Å². The summed E-state index contributed by atoms with van der Waals surface area (Å²) >= 11 is 0. The maximum Gasteiger partial charge on any atom is 0.157 e. The predicted molar refractivity (Wildman–Crippen MR) is 374 cm³/mol. The Kier molecular flexibility index (Phi) is 17.2. The van der Waals surface area contributed by atoms with E-state index >= 15 is 0 Å². The minimum absolute atomic E-state index is 0.0368. The third-order valence-corrected chi connectivity index (χ3v) is 21.1. The number of aryl methyl sites for hydroxylation is 2. The molecule has 0 aliphatic carbocycles. The zero-order valence-corrected chi connectivity index (χ0v) is 56.3. The summed E-state index contributed by atoms with van der Waals surface area (Å²) in [6.45, 7) is 3.18. The lowest BCUT2D eigenvalue weighted by Crippen LogP contribution is -2.43. The highest BCUT2D eigenvalue weighted by atomic mass is 16.5. The van der Waals surface area contributed by atoms with Crippen molar-refractivity contribution in [2.75, 3.05) is 0 Å². The smallest absolute Gasteiger partial charge is 0.157 e. The monoisotopic (exact) mass is 1480 g/mol. The van der Waals surface area contributed by atoms with Crippen LogP contribution in [-0.2, 0) is 12.8 Å². The fraction of sp³-hybridized carbons (Fsp3) is 0.231. The van der Waals surface area contributed by atoms with Crippen LogP contribution in [0.4, 0.5) is 11.4 Å². The van der Waals surface area contributed by atoms with Gasteiger partial charge >= 0.3 is 0 Å². The molecular weight excluding hydrogens is 1410 g/mol. The molecule has 0 spiro atoms. The number of hydrogen-bond donors (Lipinski definition) is 21. The van der Waals surface area contributed by atoms with Gasteiger partial charge in [0.1, 0.15) is 134 Å². The summed E-state index contributed by atoms with van der Waals surface area (Å²) < 4.78 is 33.2. The number of aromatic hydroxyl groups is 16.